The zero-order chi connectivity index (χ0) is 22.3. The molecular weight excluding hydrogens is 410 g/mol. The molecule has 0 saturated heterocycles. The number of rotatable bonds is 8. The summed E-state index contributed by atoms with van der Waals surface area (Å²) in [5, 5.41) is 5.38. The Morgan fingerprint density at radius 3 is 2.43 bits per heavy atom. The van der Waals surface area contributed by atoms with Crippen molar-refractivity contribution in [2.45, 2.75) is 32.4 Å². The van der Waals surface area contributed by atoms with E-state index >= 15 is 0 Å². The third-order valence-corrected chi connectivity index (χ3v) is 4.53. The molecule has 0 aromatic heterocycles. The van der Waals surface area contributed by atoms with Gasteiger partial charge in [-0.2, -0.15) is 0 Å². The Kier molecular flexibility index (Phi) is 7.94. The van der Waals surface area contributed by atoms with Gasteiger partial charge in [0.2, 0.25) is 0 Å². The Morgan fingerprint density at radius 1 is 1.10 bits per heavy atom. The fraction of sp³-hybridized carbons (Fsp3) is 0.238. The maximum atomic E-state index is 12.3. The van der Waals surface area contributed by atoms with Crippen molar-refractivity contribution in [2.24, 2.45) is 5.73 Å². The van der Waals surface area contributed by atoms with Crippen molar-refractivity contribution in [3.8, 4) is 0 Å². The lowest BCUT2D eigenvalue weighted by Gasteiger charge is -2.20. The Balaban J connectivity index is 2.01. The Morgan fingerprint density at radius 2 is 1.80 bits per heavy atom. The van der Waals surface area contributed by atoms with Crippen LogP contribution in [-0.4, -0.2) is 29.8 Å². The number of hydrogen-bond donors (Lipinski definition) is 3. The number of nitrogens with two attached hydrogens (primary N) is 1. The Labute approximate surface area is 178 Å². The van der Waals surface area contributed by atoms with Crippen molar-refractivity contribution in [1.82, 2.24) is 5.32 Å². The first-order valence-corrected chi connectivity index (χ1v) is 9.47. The second kappa shape index (κ2) is 10.4. The van der Waals surface area contributed by atoms with Gasteiger partial charge >= 0.3 is 12.0 Å². The van der Waals surface area contributed by atoms with Crippen LogP contribution in [0.3, 0.4) is 0 Å². The number of halogens is 1. The van der Waals surface area contributed by atoms with Crippen molar-refractivity contribution in [2.75, 3.05) is 5.32 Å². The number of carbonyl (C=O) groups excluding carboxylic acids is 4. The van der Waals surface area contributed by atoms with Gasteiger partial charge in [0.25, 0.3) is 5.91 Å². The summed E-state index contributed by atoms with van der Waals surface area (Å²) in [5.41, 5.74) is 6.53. The number of benzene rings is 2. The zero-order valence-corrected chi connectivity index (χ0v) is 17.2. The summed E-state index contributed by atoms with van der Waals surface area (Å²) in [6.45, 7) is 2.83. The maximum absolute atomic E-state index is 12.3. The molecule has 0 radical (unpaired) electrons. The number of amides is 3. The number of nitrogens with one attached hydrogen (secondary N) is 2. The monoisotopic (exact) mass is 431 g/mol. The van der Waals surface area contributed by atoms with E-state index in [4.69, 9.17) is 22.1 Å². The molecule has 9 heteroatoms. The van der Waals surface area contributed by atoms with E-state index in [9.17, 15) is 19.2 Å². The number of urea groups is 1. The fourth-order valence-corrected chi connectivity index (χ4v) is 2.96. The summed E-state index contributed by atoms with van der Waals surface area (Å²) in [6, 6.07) is 11.4. The van der Waals surface area contributed by atoms with Crippen molar-refractivity contribution in [3.63, 3.8) is 0 Å². The Bertz CT molecular complexity index is 963. The van der Waals surface area contributed by atoms with Gasteiger partial charge in [-0.3, -0.25) is 14.4 Å². The normalized spacial score (nSPS) is 12.4. The summed E-state index contributed by atoms with van der Waals surface area (Å²) in [6.07, 6.45) is -1.39. The molecule has 2 aromatic carbocycles. The number of ketones is 1. The van der Waals surface area contributed by atoms with Crippen molar-refractivity contribution < 1.29 is 23.9 Å². The molecule has 0 spiro atoms. The highest BCUT2D eigenvalue weighted by Gasteiger charge is 2.24. The number of ether oxygens (including phenoxy) is 1. The van der Waals surface area contributed by atoms with Crippen LogP contribution in [0, 0.1) is 0 Å². The standard InChI is InChI=1S/C21H22ClN3O5/c1-12(26)14-6-5-7-15(10-14)24-20(28)13(2)30-19(27)11-18(25-21(23)29)16-8-3-4-9-17(16)22/h3-10,13,18H,11H2,1-2H3,(H,24,28)(H3,23,25,29). The predicted octanol–water partition coefficient (Wildman–Crippen LogP) is 3.21. The first-order valence-electron chi connectivity index (χ1n) is 9.09. The summed E-state index contributed by atoms with van der Waals surface area (Å²) in [4.78, 5) is 47.4. The lowest BCUT2D eigenvalue weighted by atomic mass is 10.0. The van der Waals surface area contributed by atoms with Crippen LogP contribution in [0.5, 0.6) is 0 Å². The molecule has 0 heterocycles. The van der Waals surface area contributed by atoms with E-state index in [0.717, 1.165) is 0 Å². The molecule has 2 aromatic rings. The van der Waals surface area contributed by atoms with Gasteiger partial charge in [0, 0.05) is 16.3 Å². The van der Waals surface area contributed by atoms with Crippen molar-refractivity contribution >= 4 is 41.0 Å². The molecule has 2 rings (SSSR count). The average molecular weight is 432 g/mol. The van der Waals surface area contributed by atoms with Crippen molar-refractivity contribution in [1.29, 1.82) is 0 Å². The highest BCUT2D eigenvalue weighted by Crippen LogP contribution is 2.25. The van der Waals surface area contributed by atoms with E-state index in [1.54, 1.807) is 42.5 Å². The molecule has 0 aliphatic heterocycles. The number of anilines is 1. The minimum Gasteiger partial charge on any atom is -0.452 e. The van der Waals surface area contributed by atoms with Crippen LogP contribution in [-0.2, 0) is 14.3 Å². The molecule has 0 saturated carbocycles. The highest BCUT2D eigenvalue weighted by molar-refractivity contribution is 6.31. The molecule has 30 heavy (non-hydrogen) atoms. The molecule has 0 aliphatic rings. The van der Waals surface area contributed by atoms with Gasteiger partial charge in [-0.25, -0.2) is 4.79 Å². The highest BCUT2D eigenvalue weighted by atomic mass is 35.5. The third-order valence-electron chi connectivity index (χ3n) is 4.18. The summed E-state index contributed by atoms with van der Waals surface area (Å²) < 4.78 is 5.18. The number of primary amides is 1. The van der Waals surface area contributed by atoms with Crippen LogP contribution in [0.15, 0.2) is 48.5 Å². The molecule has 2 atom stereocenters. The van der Waals surface area contributed by atoms with E-state index < -0.39 is 30.1 Å². The van der Waals surface area contributed by atoms with Crippen LogP contribution >= 0.6 is 11.6 Å². The van der Waals surface area contributed by atoms with Gasteiger partial charge in [0.1, 0.15) is 0 Å². The first kappa shape index (κ1) is 22.9. The largest absolute Gasteiger partial charge is 0.452 e. The van der Waals surface area contributed by atoms with Crippen LogP contribution in [0.25, 0.3) is 0 Å². The number of hydrogen-bond acceptors (Lipinski definition) is 5. The lowest BCUT2D eigenvalue weighted by molar-refractivity contribution is -0.153. The molecule has 8 nitrogen and oxygen atoms in total. The second-order valence-corrected chi connectivity index (χ2v) is 6.95. The topological polar surface area (TPSA) is 128 Å². The molecule has 2 unspecified atom stereocenters. The van der Waals surface area contributed by atoms with Gasteiger partial charge < -0.3 is 21.1 Å². The van der Waals surface area contributed by atoms with Crippen molar-refractivity contribution in [3.05, 3.63) is 64.7 Å². The first-order chi connectivity index (χ1) is 14.2. The van der Waals surface area contributed by atoms with Crippen LogP contribution in [0.4, 0.5) is 10.5 Å². The fourth-order valence-electron chi connectivity index (χ4n) is 2.69. The van der Waals surface area contributed by atoms with E-state index in [0.29, 0.717) is 21.8 Å². The van der Waals surface area contributed by atoms with Gasteiger partial charge in [-0.1, -0.05) is 41.9 Å². The molecule has 0 fully saturated rings. The minimum absolute atomic E-state index is 0.141. The molecule has 0 bridgehead atoms. The smallest absolute Gasteiger partial charge is 0.312 e. The summed E-state index contributed by atoms with van der Waals surface area (Å²) in [7, 11) is 0. The Hall–Kier alpha value is -3.39. The van der Waals surface area contributed by atoms with E-state index in [-0.39, 0.29) is 12.2 Å². The van der Waals surface area contributed by atoms with Gasteiger partial charge in [-0.15, -0.1) is 0 Å². The second-order valence-electron chi connectivity index (χ2n) is 6.55. The van der Waals surface area contributed by atoms with E-state index in [1.165, 1.54) is 19.9 Å². The van der Waals surface area contributed by atoms with Crippen LogP contribution in [0.1, 0.15) is 42.2 Å². The quantitative estimate of drug-likeness (QED) is 0.436. The maximum Gasteiger partial charge on any atom is 0.312 e. The minimum atomic E-state index is -1.11. The molecule has 4 N–H and O–H groups in total. The van der Waals surface area contributed by atoms with Crippen LogP contribution in [0.2, 0.25) is 5.02 Å². The number of esters is 1. The molecule has 0 aliphatic carbocycles. The SMILES string of the molecule is CC(=O)c1cccc(NC(=O)C(C)OC(=O)CC(NC(N)=O)c2ccccc2Cl)c1. The zero-order valence-electron chi connectivity index (χ0n) is 16.5. The lowest BCUT2D eigenvalue weighted by Crippen LogP contribution is -2.36. The van der Waals surface area contributed by atoms with E-state index in [2.05, 4.69) is 10.6 Å². The molecule has 3 amide bonds. The predicted molar refractivity (Wildman–Crippen MR) is 112 cm³/mol. The summed E-state index contributed by atoms with van der Waals surface area (Å²) >= 11 is 6.13. The van der Waals surface area contributed by atoms with Gasteiger partial charge in [0.15, 0.2) is 11.9 Å². The van der Waals surface area contributed by atoms with Crippen LogP contribution < -0.4 is 16.4 Å². The molecule has 158 valence electrons. The number of Topliss-reactive ketones (excluding diaryl/α,β-unsaturated/α-hetero) is 1. The number of carbonyl (C=O) groups is 4. The summed E-state index contributed by atoms with van der Waals surface area (Å²) in [5.74, 6) is -1.44. The van der Waals surface area contributed by atoms with Gasteiger partial charge in [-0.05, 0) is 37.6 Å². The van der Waals surface area contributed by atoms with E-state index in [1.807, 2.05) is 0 Å². The average Bonchev–Trinajstić information content (AvgIpc) is 2.67. The molecular formula is C21H22ClN3O5. The van der Waals surface area contributed by atoms with Gasteiger partial charge in [0.05, 0.1) is 12.5 Å². The third kappa shape index (κ3) is 6.59.